The van der Waals surface area contributed by atoms with E-state index in [0.717, 1.165) is 44.7 Å². The van der Waals surface area contributed by atoms with Gasteiger partial charge < -0.3 is 4.57 Å². The van der Waals surface area contributed by atoms with Gasteiger partial charge in [-0.3, -0.25) is 0 Å². The smallest absolute Gasteiger partial charge is 0.213 e. The van der Waals surface area contributed by atoms with E-state index in [1.807, 2.05) is 36.1 Å². The van der Waals surface area contributed by atoms with Gasteiger partial charge >= 0.3 is 0 Å². The van der Waals surface area contributed by atoms with E-state index >= 15 is 0 Å². The summed E-state index contributed by atoms with van der Waals surface area (Å²) < 4.78 is 46.4. The van der Waals surface area contributed by atoms with Crippen molar-refractivity contribution in [2.75, 3.05) is 0 Å². The Morgan fingerprint density at radius 3 is 2.73 bits per heavy atom. The Labute approximate surface area is 186 Å². The Morgan fingerprint density at radius 2 is 2.00 bits per heavy atom. The maximum atomic E-state index is 8.98. The van der Waals surface area contributed by atoms with Crippen molar-refractivity contribution in [1.82, 2.24) is 9.55 Å². The molecule has 0 fully saturated rings. The van der Waals surface area contributed by atoms with Crippen LogP contribution >= 0.6 is 0 Å². The summed E-state index contributed by atoms with van der Waals surface area (Å²) in [6.45, 7) is 5.07. The number of hydrogen-bond donors (Lipinski definition) is 0. The summed E-state index contributed by atoms with van der Waals surface area (Å²) in [5.74, 6) is 0.962. The largest absolute Gasteiger partial charge is 0.303 e. The lowest BCUT2D eigenvalue weighted by Crippen LogP contribution is -2.32. The number of benzene rings is 2. The van der Waals surface area contributed by atoms with E-state index < -0.39 is 18.6 Å². The molecule has 0 amide bonds. The van der Waals surface area contributed by atoms with Crippen molar-refractivity contribution < 1.29 is 11.4 Å². The predicted molar refractivity (Wildman–Crippen MR) is 123 cm³/mol. The quantitative estimate of drug-likeness (QED) is 0.352. The van der Waals surface area contributed by atoms with Gasteiger partial charge in [-0.1, -0.05) is 45.0 Å². The summed E-state index contributed by atoms with van der Waals surface area (Å²) in [4.78, 5) is 4.56. The topological polar surface area (TPSA) is 21.7 Å². The van der Waals surface area contributed by atoms with Gasteiger partial charge in [-0.25, -0.2) is 9.55 Å². The lowest BCUT2D eigenvalue weighted by Gasteiger charge is -2.20. The summed E-state index contributed by atoms with van der Waals surface area (Å²) in [5, 5.41) is 2.26. The molecule has 1 aliphatic rings. The molecule has 3 heteroatoms. The van der Waals surface area contributed by atoms with E-state index in [1.165, 1.54) is 0 Å². The number of aromatic nitrogens is 3. The third-order valence-electron chi connectivity index (χ3n) is 5.88. The molecule has 4 aromatic rings. The molecular formula is C27H30N3+. The van der Waals surface area contributed by atoms with Crippen LogP contribution < -0.4 is 4.57 Å². The van der Waals surface area contributed by atoms with Crippen molar-refractivity contribution >= 4 is 10.8 Å². The maximum absolute atomic E-state index is 8.98. The highest BCUT2D eigenvalue weighted by molar-refractivity contribution is 6.00. The Bertz CT molecular complexity index is 1490. The van der Waals surface area contributed by atoms with Gasteiger partial charge in [0.25, 0.3) is 0 Å². The van der Waals surface area contributed by atoms with Gasteiger partial charge in [-0.2, -0.15) is 0 Å². The molecule has 2 aromatic heterocycles. The van der Waals surface area contributed by atoms with Gasteiger partial charge in [0.1, 0.15) is 12.9 Å². The molecule has 1 aliphatic heterocycles. The molecule has 0 bridgehead atoms. The SMILES string of the molecule is [2H]C([2H])([2H])c1c[n+](C)c(-c2c3c(c4ccccc4c2C)-n2ccnc2C3)cc1C([2H])([2H])C(C)(C)C. The zero-order chi connectivity index (χ0) is 25.5. The minimum atomic E-state index is -2.44. The molecule has 0 radical (unpaired) electrons. The molecule has 152 valence electrons. The van der Waals surface area contributed by atoms with Crippen molar-refractivity contribution in [3.8, 4) is 16.9 Å². The first-order chi connectivity index (χ1) is 16.2. The minimum absolute atomic E-state index is 0.0479. The molecule has 0 unspecified atom stereocenters. The molecule has 30 heavy (non-hydrogen) atoms. The fourth-order valence-electron chi connectivity index (χ4n) is 4.68. The Kier molecular flexibility index (Phi) is 3.08. The third kappa shape index (κ3) is 2.87. The second kappa shape index (κ2) is 6.53. The second-order valence-electron chi connectivity index (χ2n) is 9.23. The van der Waals surface area contributed by atoms with E-state index in [9.17, 15) is 0 Å². The van der Waals surface area contributed by atoms with Gasteiger partial charge in [-0.05, 0) is 47.6 Å². The number of rotatable bonds is 2. The Morgan fingerprint density at radius 1 is 1.23 bits per heavy atom. The zero-order valence-electron chi connectivity index (χ0n) is 23.2. The van der Waals surface area contributed by atoms with Crippen LogP contribution in [0.25, 0.3) is 27.7 Å². The monoisotopic (exact) mass is 401 g/mol. The van der Waals surface area contributed by atoms with Crippen LogP contribution in [0.2, 0.25) is 0 Å². The normalized spacial score (nSPS) is 16.4. The second-order valence-corrected chi connectivity index (χ2v) is 9.23. The highest BCUT2D eigenvalue weighted by Gasteiger charge is 2.30. The van der Waals surface area contributed by atoms with E-state index in [0.29, 0.717) is 6.42 Å². The molecule has 2 aromatic carbocycles. The van der Waals surface area contributed by atoms with Crippen LogP contribution in [0.15, 0.2) is 48.9 Å². The Balaban J connectivity index is 1.90. The first-order valence-corrected chi connectivity index (χ1v) is 10.4. The maximum Gasteiger partial charge on any atom is 0.213 e. The molecular weight excluding hydrogens is 366 g/mol. The molecule has 0 saturated heterocycles. The van der Waals surface area contributed by atoms with Crippen molar-refractivity contribution in [1.29, 1.82) is 0 Å². The summed E-state index contributed by atoms with van der Waals surface area (Å²) in [7, 11) is 1.84. The van der Waals surface area contributed by atoms with Crippen LogP contribution in [0.3, 0.4) is 0 Å². The van der Waals surface area contributed by atoms with Gasteiger partial charge in [0, 0.05) is 42.7 Å². The van der Waals surface area contributed by atoms with Crippen LogP contribution in [0.1, 0.15) is 55.7 Å². The van der Waals surface area contributed by atoms with Crippen LogP contribution in [-0.2, 0) is 19.8 Å². The number of aryl methyl sites for hydroxylation is 3. The number of imidazole rings is 1. The van der Waals surface area contributed by atoms with Gasteiger partial charge in [-0.15, -0.1) is 0 Å². The van der Waals surface area contributed by atoms with Crippen molar-refractivity contribution in [2.45, 2.75) is 47.3 Å². The summed E-state index contributed by atoms with van der Waals surface area (Å²) in [6, 6.07) is 10.1. The van der Waals surface area contributed by atoms with Gasteiger partial charge in [0.05, 0.1) is 11.3 Å². The van der Waals surface area contributed by atoms with E-state index in [-0.39, 0.29) is 11.1 Å². The number of pyridine rings is 1. The van der Waals surface area contributed by atoms with Crippen LogP contribution in [0, 0.1) is 19.2 Å². The lowest BCUT2D eigenvalue weighted by atomic mass is 9.85. The molecule has 3 nitrogen and oxygen atoms in total. The molecule has 0 saturated carbocycles. The first-order valence-electron chi connectivity index (χ1n) is 12.9. The van der Waals surface area contributed by atoms with Crippen LogP contribution in [0.4, 0.5) is 0 Å². The average molecular weight is 402 g/mol. The standard InChI is InChI=1S/C27H30N3/c1-17-16-29(6)23(13-19(17)15-27(3,4)5)25-18(2)20-9-7-8-10-21(20)26-22(25)14-24-28-11-12-30(24)26/h7-13,16H,14-15H2,1-6H3/q+1/i1D3,15D2. The molecule has 0 atom stereocenters. The fraction of sp³-hybridized carbons (Fsp3) is 0.333. The predicted octanol–water partition coefficient (Wildman–Crippen LogP) is 5.63. The van der Waals surface area contributed by atoms with Crippen molar-refractivity contribution in [2.24, 2.45) is 12.5 Å². The molecule has 0 N–H and O–H groups in total. The lowest BCUT2D eigenvalue weighted by molar-refractivity contribution is -0.660. The minimum Gasteiger partial charge on any atom is -0.303 e. The van der Waals surface area contributed by atoms with Gasteiger partial charge in [0.2, 0.25) is 5.69 Å². The molecule has 5 rings (SSSR count). The van der Waals surface area contributed by atoms with E-state index in [4.69, 9.17) is 6.85 Å². The van der Waals surface area contributed by atoms with E-state index in [2.05, 4.69) is 28.6 Å². The number of fused-ring (bicyclic) bond motifs is 5. The summed E-state index contributed by atoms with van der Waals surface area (Å²) in [6.07, 6.45) is 4.18. The highest BCUT2D eigenvalue weighted by atomic mass is 15.1. The first kappa shape index (κ1) is 14.1. The summed E-state index contributed by atoms with van der Waals surface area (Å²) in [5.41, 5.74) is 4.58. The highest BCUT2D eigenvalue weighted by Crippen LogP contribution is 2.42. The van der Waals surface area contributed by atoms with Crippen LogP contribution in [0.5, 0.6) is 0 Å². The molecule has 0 spiro atoms. The van der Waals surface area contributed by atoms with Crippen molar-refractivity contribution in [3.63, 3.8) is 0 Å². The average Bonchev–Trinajstić information content (AvgIpc) is 3.34. The zero-order valence-corrected chi connectivity index (χ0v) is 18.2. The van der Waals surface area contributed by atoms with Crippen molar-refractivity contribution in [3.05, 3.63) is 77.0 Å². The number of hydrogen-bond acceptors (Lipinski definition) is 1. The molecule has 3 heterocycles. The molecule has 0 aliphatic carbocycles. The summed E-state index contributed by atoms with van der Waals surface area (Å²) >= 11 is 0. The third-order valence-corrected chi connectivity index (χ3v) is 5.88. The fourth-order valence-corrected chi connectivity index (χ4v) is 4.68. The number of nitrogens with zero attached hydrogens (tertiary/aromatic N) is 3. The van der Waals surface area contributed by atoms with Gasteiger partial charge in [0.15, 0.2) is 6.20 Å². The van der Waals surface area contributed by atoms with Crippen LogP contribution in [-0.4, -0.2) is 9.55 Å². The Hall–Kier alpha value is -2.94. The van der Waals surface area contributed by atoms with E-state index in [1.54, 1.807) is 33.0 Å².